The van der Waals surface area contributed by atoms with Gasteiger partial charge in [0.2, 0.25) is 0 Å². The van der Waals surface area contributed by atoms with Crippen molar-refractivity contribution in [3.8, 4) is 0 Å². The lowest BCUT2D eigenvalue weighted by Crippen LogP contribution is -2.41. The molecule has 5 heteroatoms. The number of morpholine rings is 1. The number of hydrogen-bond donors (Lipinski definition) is 0. The van der Waals surface area contributed by atoms with E-state index in [0.717, 1.165) is 32.8 Å². The SMILES string of the molecule is CN(CCN1CCOCC1)C(=O)c1ccco1. The molecule has 0 saturated carbocycles. The Bertz CT molecular complexity index is 345. The number of rotatable bonds is 4. The summed E-state index contributed by atoms with van der Waals surface area (Å²) in [7, 11) is 1.80. The van der Waals surface area contributed by atoms with Crippen LogP contribution in [0.2, 0.25) is 0 Å². The molecule has 1 aliphatic heterocycles. The molecule has 0 aliphatic carbocycles. The minimum absolute atomic E-state index is 0.0664. The van der Waals surface area contributed by atoms with Crippen molar-refractivity contribution in [3.63, 3.8) is 0 Å². The Morgan fingerprint density at radius 1 is 1.47 bits per heavy atom. The van der Waals surface area contributed by atoms with Crippen LogP contribution in [0.15, 0.2) is 22.8 Å². The molecule has 1 saturated heterocycles. The maximum absolute atomic E-state index is 11.9. The van der Waals surface area contributed by atoms with Gasteiger partial charge in [0.25, 0.3) is 5.91 Å². The van der Waals surface area contributed by atoms with Gasteiger partial charge in [-0.2, -0.15) is 0 Å². The van der Waals surface area contributed by atoms with Crippen molar-refractivity contribution in [3.05, 3.63) is 24.2 Å². The van der Waals surface area contributed by atoms with Crippen LogP contribution in [-0.4, -0.2) is 62.1 Å². The molecule has 0 spiro atoms. The van der Waals surface area contributed by atoms with E-state index in [1.807, 2.05) is 0 Å². The number of carbonyl (C=O) groups is 1. The zero-order valence-electron chi connectivity index (χ0n) is 10.1. The molecule has 0 aromatic carbocycles. The lowest BCUT2D eigenvalue weighted by molar-refractivity contribution is 0.0335. The Hall–Kier alpha value is -1.33. The van der Waals surface area contributed by atoms with Crippen molar-refractivity contribution < 1.29 is 13.9 Å². The number of furan rings is 1. The molecule has 1 aromatic rings. The van der Waals surface area contributed by atoms with Gasteiger partial charge in [-0.05, 0) is 12.1 Å². The quantitative estimate of drug-likeness (QED) is 0.774. The highest BCUT2D eigenvalue weighted by Crippen LogP contribution is 2.04. The molecule has 1 aromatic heterocycles. The van der Waals surface area contributed by atoms with E-state index >= 15 is 0 Å². The van der Waals surface area contributed by atoms with Crippen LogP contribution in [0.5, 0.6) is 0 Å². The van der Waals surface area contributed by atoms with Crippen molar-refractivity contribution in [1.82, 2.24) is 9.80 Å². The first-order chi connectivity index (χ1) is 8.27. The standard InChI is InChI=1S/C12H18N2O3/c1-13(12(15)11-3-2-8-17-11)4-5-14-6-9-16-10-7-14/h2-3,8H,4-7,9-10H2,1H3. The van der Waals surface area contributed by atoms with E-state index in [9.17, 15) is 4.79 Å². The summed E-state index contributed by atoms with van der Waals surface area (Å²) in [5, 5.41) is 0. The Morgan fingerprint density at radius 2 is 2.24 bits per heavy atom. The number of nitrogens with zero attached hydrogens (tertiary/aromatic N) is 2. The normalized spacial score (nSPS) is 17.0. The van der Waals surface area contributed by atoms with Gasteiger partial charge < -0.3 is 14.1 Å². The molecule has 17 heavy (non-hydrogen) atoms. The highest BCUT2D eigenvalue weighted by Gasteiger charge is 2.16. The summed E-state index contributed by atoms with van der Waals surface area (Å²) in [6.45, 7) is 5.06. The van der Waals surface area contributed by atoms with E-state index in [4.69, 9.17) is 9.15 Å². The smallest absolute Gasteiger partial charge is 0.289 e. The molecule has 94 valence electrons. The largest absolute Gasteiger partial charge is 0.459 e. The van der Waals surface area contributed by atoms with Crippen LogP contribution in [0, 0.1) is 0 Å². The molecule has 0 bridgehead atoms. The molecule has 1 amide bonds. The Labute approximate surface area is 101 Å². The fourth-order valence-corrected chi connectivity index (χ4v) is 1.81. The lowest BCUT2D eigenvalue weighted by Gasteiger charge is -2.28. The number of carbonyl (C=O) groups excluding carboxylic acids is 1. The number of likely N-dealkylation sites (N-methyl/N-ethyl adjacent to an activating group) is 1. The average molecular weight is 238 g/mol. The summed E-state index contributed by atoms with van der Waals surface area (Å²) in [5.41, 5.74) is 0. The predicted molar refractivity (Wildman–Crippen MR) is 62.9 cm³/mol. The minimum Gasteiger partial charge on any atom is -0.459 e. The van der Waals surface area contributed by atoms with E-state index in [2.05, 4.69) is 4.90 Å². The van der Waals surface area contributed by atoms with Gasteiger partial charge in [0.05, 0.1) is 19.5 Å². The molecule has 2 rings (SSSR count). The zero-order chi connectivity index (χ0) is 12.1. The average Bonchev–Trinajstić information content (AvgIpc) is 2.90. The van der Waals surface area contributed by atoms with Gasteiger partial charge in [-0.3, -0.25) is 9.69 Å². The summed E-state index contributed by atoms with van der Waals surface area (Å²) in [6.07, 6.45) is 1.52. The zero-order valence-corrected chi connectivity index (χ0v) is 10.1. The van der Waals surface area contributed by atoms with Gasteiger partial charge in [-0.25, -0.2) is 0 Å². The molecular formula is C12H18N2O3. The maximum Gasteiger partial charge on any atom is 0.289 e. The Balaban J connectivity index is 1.76. The van der Waals surface area contributed by atoms with Crippen molar-refractivity contribution in [1.29, 1.82) is 0 Å². The first kappa shape index (κ1) is 12.1. The summed E-state index contributed by atoms with van der Waals surface area (Å²) in [6, 6.07) is 3.41. The summed E-state index contributed by atoms with van der Waals surface area (Å²) in [5.74, 6) is 0.331. The highest BCUT2D eigenvalue weighted by molar-refractivity contribution is 5.91. The summed E-state index contributed by atoms with van der Waals surface area (Å²) in [4.78, 5) is 15.9. The van der Waals surface area contributed by atoms with Crippen LogP contribution in [0.25, 0.3) is 0 Å². The summed E-state index contributed by atoms with van der Waals surface area (Å²) < 4.78 is 10.4. The molecule has 1 fully saturated rings. The summed E-state index contributed by atoms with van der Waals surface area (Å²) >= 11 is 0. The third-order valence-electron chi connectivity index (χ3n) is 2.93. The van der Waals surface area contributed by atoms with Crippen LogP contribution >= 0.6 is 0 Å². The second-order valence-electron chi connectivity index (χ2n) is 4.16. The first-order valence-corrected chi connectivity index (χ1v) is 5.86. The maximum atomic E-state index is 11.9. The van der Waals surface area contributed by atoms with E-state index in [-0.39, 0.29) is 5.91 Å². The number of hydrogen-bond acceptors (Lipinski definition) is 4. The monoisotopic (exact) mass is 238 g/mol. The molecule has 0 unspecified atom stereocenters. The Morgan fingerprint density at radius 3 is 2.88 bits per heavy atom. The number of amides is 1. The molecule has 2 heterocycles. The highest BCUT2D eigenvalue weighted by atomic mass is 16.5. The Kier molecular flexibility index (Phi) is 4.17. The topological polar surface area (TPSA) is 45.9 Å². The lowest BCUT2D eigenvalue weighted by atomic mass is 10.3. The van der Waals surface area contributed by atoms with Gasteiger partial charge in [0.1, 0.15) is 0 Å². The van der Waals surface area contributed by atoms with Crippen molar-refractivity contribution in [2.75, 3.05) is 46.4 Å². The minimum atomic E-state index is -0.0664. The van der Waals surface area contributed by atoms with E-state index in [0.29, 0.717) is 12.3 Å². The van der Waals surface area contributed by atoms with Crippen LogP contribution in [0.1, 0.15) is 10.6 Å². The van der Waals surface area contributed by atoms with Gasteiger partial charge >= 0.3 is 0 Å². The molecule has 0 atom stereocenters. The third-order valence-corrected chi connectivity index (χ3v) is 2.93. The first-order valence-electron chi connectivity index (χ1n) is 5.86. The molecule has 1 aliphatic rings. The van der Waals surface area contributed by atoms with Gasteiger partial charge in [-0.15, -0.1) is 0 Å². The van der Waals surface area contributed by atoms with Crippen LogP contribution in [0.4, 0.5) is 0 Å². The van der Waals surface area contributed by atoms with E-state index in [1.165, 1.54) is 6.26 Å². The van der Waals surface area contributed by atoms with Crippen LogP contribution in [-0.2, 0) is 4.74 Å². The van der Waals surface area contributed by atoms with Gasteiger partial charge in [0, 0.05) is 33.2 Å². The molecule has 0 N–H and O–H groups in total. The second-order valence-corrected chi connectivity index (χ2v) is 4.16. The van der Waals surface area contributed by atoms with Crippen LogP contribution in [0.3, 0.4) is 0 Å². The van der Waals surface area contributed by atoms with Gasteiger partial charge in [-0.1, -0.05) is 0 Å². The number of ether oxygens (including phenoxy) is 1. The van der Waals surface area contributed by atoms with E-state index < -0.39 is 0 Å². The fraction of sp³-hybridized carbons (Fsp3) is 0.583. The molecule has 0 radical (unpaired) electrons. The van der Waals surface area contributed by atoms with E-state index in [1.54, 1.807) is 24.1 Å². The molecular weight excluding hydrogens is 220 g/mol. The molecule has 5 nitrogen and oxygen atoms in total. The third kappa shape index (κ3) is 3.31. The van der Waals surface area contributed by atoms with Crippen molar-refractivity contribution >= 4 is 5.91 Å². The van der Waals surface area contributed by atoms with Crippen molar-refractivity contribution in [2.24, 2.45) is 0 Å². The fourth-order valence-electron chi connectivity index (χ4n) is 1.81. The van der Waals surface area contributed by atoms with Gasteiger partial charge in [0.15, 0.2) is 5.76 Å². The van der Waals surface area contributed by atoms with Crippen molar-refractivity contribution in [2.45, 2.75) is 0 Å². The van der Waals surface area contributed by atoms with Crippen LogP contribution < -0.4 is 0 Å². The predicted octanol–water partition coefficient (Wildman–Crippen LogP) is 0.684. The second kappa shape index (κ2) is 5.84.